The van der Waals surface area contributed by atoms with Crippen LogP contribution in [0.3, 0.4) is 0 Å². The highest BCUT2D eigenvalue weighted by molar-refractivity contribution is 6.03. The molecule has 186 valence electrons. The van der Waals surface area contributed by atoms with Gasteiger partial charge in [0.2, 0.25) is 5.91 Å². The van der Waals surface area contributed by atoms with Gasteiger partial charge < -0.3 is 24.4 Å². The van der Waals surface area contributed by atoms with E-state index >= 15 is 0 Å². The van der Waals surface area contributed by atoms with E-state index in [1.54, 1.807) is 36.3 Å². The van der Waals surface area contributed by atoms with Crippen molar-refractivity contribution in [2.24, 2.45) is 5.10 Å². The Bertz CT molecular complexity index is 1070. The highest BCUT2D eigenvalue weighted by Gasteiger charge is 2.22. The van der Waals surface area contributed by atoms with Crippen molar-refractivity contribution in [3.8, 4) is 17.2 Å². The topological polar surface area (TPSA) is 92.7 Å². The summed E-state index contributed by atoms with van der Waals surface area (Å²) < 4.78 is 16.8. The van der Waals surface area contributed by atoms with Gasteiger partial charge in [-0.1, -0.05) is 0 Å². The minimum Gasteiger partial charge on any atom is -0.493 e. The van der Waals surface area contributed by atoms with E-state index in [1.165, 1.54) is 5.01 Å². The number of nitrogens with one attached hydrogen (secondary N) is 1. The van der Waals surface area contributed by atoms with Crippen molar-refractivity contribution in [3.05, 3.63) is 53.6 Å². The second kappa shape index (κ2) is 11.7. The molecule has 2 aliphatic rings. The number of hydrogen-bond donors (Lipinski definition) is 1. The van der Waals surface area contributed by atoms with Gasteiger partial charge >= 0.3 is 0 Å². The van der Waals surface area contributed by atoms with E-state index in [2.05, 4.69) is 10.4 Å². The maximum absolute atomic E-state index is 13.1. The Morgan fingerprint density at radius 3 is 2.66 bits per heavy atom. The van der Waals surface area contributed by atoms with E-state index in [1.807, 2.05) is 25.1 Å². The fourth-order valence-electron chi connectivity index (χ4n) is 4.11. The molecule has 0 aliphatic carbocycles. The second-order valence-electron chi connectivity index (χ2n) is 8.31. The zero-order valence-corrected chi connectivity index (χ0v) is 20.3. The summed E-state index contributed by atoms with van der Waals surface area (Å²) in [5, 5.41) is 9.22. The van der Waals surface area contributed by atoms with Gasteiger partial charge in [-0.25, -0.2) is 5.01 Å². The molecular formula is C26H32N4O5. The number of nitrogens with zero attached hydrogens (tertiary/aromatic N) is 3. The molecule has 9 heteroatoms. The van der Waals surface area contributed by atoms with Crippen LogP contribution in [0.15, 0.2) is 47.6 Å². The van der Waals surface area contributed by atoms with E-state index in [0.717, 1.165) is 30.7 Å². The molecule has 0 spiro atoms. The lowest BCUT2D eigenvalue weighted by Gasteiger charge is -2.27. The Morgan fingerprint density at radius 1 is 1.09 bits per heavy atom. The molecule has 0 atom stereocenters. The molecule has 0 bridgehead atoms. The van der Waals surface area contributed by atoms with Gasteiger partial charge in [-0.15, -0.1) is 0 Å². The smallest absolute Gasteiger partial charge is 0.273 e. The Morgan fingerprint density at radius 2 is 1.91 bits per heavy atom. The van der Waals surface area contributed by atoms with Gasteiger partial charge in [0, 0.05) is 30.8 Å². The van der Waals surface area contributed by atoms with Crippen molar-refractivity contribution < 1.29 is 23.8 Å². The van der Waals surface area contributed by atoms with Crippen LogP contribution in [0.5, 0.6) is 17.2 Å². The number of rotatable bonds is 9. The summed E-state index contributed by atoms with van der Waals surface area (Å²) in [6, 6.07) is 12.8. The molecule has 2 aromatic carbocycles. The molecule has 2 heterocycles. The first-order valence-electron chi connectivity index (χ1n) is 12.0. The fourth-order valence-corrected chi connectivity index (χ4v) is 4.11. The molecule has 0 unspecified atom stereocenters. The zero-order chi connectivity index (χ0) is 24.6. The fraction of sp³-hybridized carbons (Fsp3) is 0.423. The van der Waals surface area contributed by atoms with Crippen LogP contribution in [0.25, 0.3) is 0 Å². The summed E-state index contributed by atoms with van der Waals surface area (Å²) in [4.78, 5) is 26.7. The number of piperazine rings is 1. The van der Waals surface area contributed by atoms with Gasteiger partial charge in [-0.2, -0.15) is 5.10 Å². The minimum atomic E-state index is -0.154. The van der Waals surface area contributed by atoms with Gasteiger partial charge in [-0.05, 0) is 62.2 Å². The lowest BCUT2D eigenvalue weighted by Crippen LogP contribution is -2.49. The first-order valence-corrected chi connectivity index (χ1v) is 12.0. The Labute approximate surface area is 205 Å². The van der Waals surface area contributed by atoms with Crippen molar-refractivity contribution in [1.82, 2.24) is 15.2 Å². The minimum absolute atomic E-state index is 0.0889. The second-order valence-corrected chi connectivity index (χ2v) is 8.31. The van der Waals surface area contributed by atoms with E-state index in [-0.39, 0.29) is 11.8 Å². The van der Waals surface area contributed by atoms with Crippen molar-refractivity contribution >= 4 is 17.5 Å². The molecule has 2 amide bonds. The first-order chi connectivity index (χ1) is 17.1. The summed E-state index contributed by atoms with van der Waals surface area (Å²) in [6.45, 7) is 5.84. The van der Waals surface area contributed by atoms with Crippen molar-refractivity contribution in [2.75, 3.05) is 53.0 Å². The third-order valence-corrected chi connectivity index (χ3v) is 5.97. The first kappa shape index (κ1) is 24.5. The van der Waals surface area contributed by atoms with Gasteiger partial charge in [-0.3, -0.25) is 9.59 Å². The number of benzene rings is 2. The third-order valence-electron chi connectivity index (χ3n) is 5.97. The molecule has 0 saturated carbocycles. The predicted octanol–water partition coefficient (Wildman–Crippen LogP) is 2.54. The molecule has 1 N–H and O–H groups in total. The summed E-state index contributed by atoms with van der Waals surface area (Å²) >= 11 is 0. The van der Waals surface area contributed by atoms with Crippen LogP contribution >= 0.6 is 0 Å². The molecule has 0 radical (unpaired) electrons. The summed E-state index contributed by atoms with van der Waals surface area (Å²) in [5.41, 5.74) is 2.30. The van der Waals surface area contributed by atoms with Crippen LogP contribution < -0.4 is 19.5 Å². The third kappa shape index (κ3) is 6.10. The van der Waals surface area contributed by atoms with Gasteiger partial charge in [0.1, 0.15) is 12.4 Å². The lowest BCUT2D eigenvalue weighted by atomic mass is 10.0. The average molecular weight is 481 g/mol. The maximum Gasteiger partial charge on any atom is 0.273 e. The highest BCUT2D eigenvalue weighted by atomic mass is 16.5. The Hall–Kier alpha value is -3.59. The molecule has 35 heavy (non-hydrogen) atoms. The molecule has 1 saturated heterocycles. The number of carbonyl (C=O) groups is 2. The molecule has 1 fully saturated rings. The van der Waals surface area contributed by atoms with E-state index in [4.69, 9.17) is 14.2 Å². The molecule has 4 rings (SSSR count). The molecule has 2 aromatic rings. The number of carbonyl (C=O) groups excluding carboxylic acids is 2. The van der Waals surface area contributed by atoms with Crippen LogP contribution in [0.1, 0.15) is 35.7 Å². The Kier molecular flexibility index (Phi) is 8.20. The van der Waals surface area contributed by atoms with Crippen molar-refractivity contribution in [2.45, 2.75) is 19.8 Å². The van der Waals surface area contributed by atoms with E-state index in [0.29, 0.717) is 62.2 Å². The number of hydrogen-bond acceptors (Lipinski definition) is 7. The summed E-state index contributed by atoms with van der Waals surface area (Å²) in [7, 11) is 1.61. The number of methoxy groups -OCH3 is 1. The Balaban J connectivity index is 1.38. The van der Waals surface area contributed by atoms with Crippen molar-refractivity contribution in [3.63, 3.8) is 0 Å². The van der Waals surface area contributed by atoms with Crippen molar-refractivity contribution in [1.29, 1.82) is 0 Å². The van der Waals surface area contributed by atoms with Gasteiger partial charge in [0.15, 0.2) is 11.5 Å². The molecule has 2 aliphatic heterocycles. The van der Waals surface area contributed by atoms with E-state index < -0.39 is 0 Å². The van der Waals surface area contributed by atoms with E-state index in [9.17, 15) is 9.59 Å². The van der Waals surface area contributed by atoms with Crippen LogP contribution in [0.2, 0.25) is 0 Å². The standard InChI is InChI=1S/C26H32N4O5/c1-3-34-24-17-20(8-11-23(24)33-2)22-5-4-13-30(28-22)26(32)19-6-9-21(10-7-19)35-16-15-29-14-12-27-18-25(29)31/h6-11,17,27H,3-5,12-16,18H2,1-2H3. The normalized spacial score (nSPS) is 16.1. The quantitative estimate of drug-likeness (QED) is 0.593. The predicted molar refractivity (Wildman–Crippen MR) is 132 cm³/mol. The van der Waals surface area contributed by atoms with Crippen LogP contribution in [0, 0.1) is 0 Å². The molecular weight excluding hydrogens is 448 g/mol. The monoisotopic (exact) mass is 480 g/mol. The molecule has 0 aromatic heterocycles. The number of amides is 2. The summed E-state index contributed by atoms with van der Waals surface area (Å²) in [5.74, 6) is 1.93. The maximum atomic E-state index is 13.1. The van der Waals surface area contributed by atoms with Crippen LogP contribution in [-0.2, 0) is 4.79 Å². The SMILES string of the molecule is CCOc1cc(C2=NN(C(=O)c3ccc(OCCN4CCNCC4=O)cc3)CCC2)ccc1OC. The lowest BCUT2D eigenvalue weighted by molar-refractivity contribution is -0.132. The largest absolute Gasteiger partial charge is 0.493 e. The highest BCUT2D eigenvalue weighted by Crippen LogP contribution is 2.29. The number of hydrazone groups is 1. The summed E-state index contributed by atoms with van der Waals surface area (Å²) in [6.07, 6.45) is 1.61. The van der Waals surface area contributed by atoms with Gasteiger partial charge in [0.25, 0.3) is 5.91 Å². The van der Waals surface area contributed by atoms with Crippen LogP contribution in [-0.4, -0.2) is 80.5 Å². The zero-order valence-electron chi connectivity index (χ0n) is 20.3. The van der Waals surface area contributed by atoms with Crippen LogP contribution in [0.4, 0.5) is 0 Å². The van der Waals surface area contributed by atoms with Gasteiger partial charge in [0.05, 0.1) is 32.5 Å². The average Bonchev–Trinajstić information content (AvgIpc) is 2.90. The molecule has 9 nitrogen and oxygen atoms in total. The number of ether oxygens (including phenoxy) is 3.